The molecule has 1 heterocycles. The number of hydrogen-bond donors (Lipinski definition) is 0. The summed E-state index contributed by atoms with van der Waals surface area (Å²) < 4.78 is 0. The van der Waals surface area contributed by atoms with Crippen LogP contribution in [0.4, 0.5) is 5.82 Å². The molecular formula is C17H25ClN4. The van der Waals surface area contributed by atoms with E-state index >= 15 is 0 Å². The topological polar surface area (TPSA) is 32.3 Å². The predicted molar refractivity (Wildman–Crippen MR) is 92.1 cm³/mol. The highest BCUT2D eigenvalue weighted by molar-refractivity contribution is 6.29. The van der Waals surface area contributed by atoms with Gasteiger partial charge < -0.3 is 4.90 Å². The van der Waals surface area contributed by atoms with Crippen molar-refractivity contribution in [3.63, 3.8) is 0 Å². The Morgan fingerprint density at radius 1 is 1.09 bits per heavy atom. The lowest BCUT2D eigenvalue weighted by molar-refractivity contribution is 0.324. The number of aromatic nitrogens is 2. The van der Waals surface area contributed by atoms with E-state index in [1.54, 1.807) is 6.07 Å². The third-order valence-electron chi connectivity index (χ3n) is 4.25. The fourth-order valence-electron chi connectivity index (χ4n) is 2.85. The van der Waals surface area contributed by atoms with Gasteiger partial charge in [-0.1, -0.05) is 17.5 Å². The average molecular weight is 321 g/mol. The molecule has 0 amide bonds. The molecule has 0 spiro atoms. The number of rotatable bonds is 4. The van der Waals surface area contributed by atoms with E-state index in [-0.39, 0.29) is 0 Å². The first-order valence-corrected chi connectivity index (χ1v) is 8.26. The van der Waals surface area contributed by atoms with Crippen molar-refractivity contribution >= 4 is 17.4 Å². The number of halogens is 1. The van der Waals surface area contributed by atoms with Crippen molar-refractivity contribution < 1.29 is 0 Å². The fraction of sp³-hybridized carbons (Fsp3) is 0.647. The van der Waals surface area contributed by atoms with Crippen molar-refractivity contribution in [3.05, 3.63) is 17.3 Å². The van der Waals surface area contributed by atoms with E-state index in [0.29, 0.717) is 11.2 Å². The summed E-state index contributed by atoms with van der Waals surface area (Å²) in [5.74, 6) is 8.21. The molecule has 2 rings (SSSR count). The van der Waals surface area contributed by atoms with Gasteiger partial charge in [0.05, 0.1) is 6.54 Å². The molecule has 0 atom stereocenters. The molecule has 0 unspecified atom stereocenters. The van der Waals surface area contributed by atoms with E-state index in [0.717, 1.165) is 24.7 Å². The van der Waals surface area contributed by atoms with Gasteiger partial charge in [0.2, 0.25) is 0 Å². The van der Waals surface area contributed by atoms with Gasteiger partial charge in [-0.3, -0.25) is 4.90 Å². The molecule has 5 heteroatoms. The van der Waals surface area contributed by atoms with Gasteiger partial charge in [0.15, 0.2) is 11.0 Å². The van der Waals surface area contributed by atoms with Gasteiger partial charge in [0, 0.05) is 19.5 Å². The minimum absolute atomic E-state index is 0.442. The molecule has 1 aliphatic carbocycles. The number of hydrogen-bond acceptors (Lipinski definition) is 4. The summed E-state index contributed by atoms with van der Waals surface area (Å²) in [6.45, 7) is 0.854. The molecule has 22 heavy (non-hydrogen) atoms. The summed E-state index contributed by atoms with van der Waals surface area (Å²) in [5, 5.41) is 8.53. The molecule has 1 saturated carbocycles. The molecule has 4 nitrogen and oxygen atoms in total. The Morgan fingerprint density at radius 3 is 2.41 bits per heavy atom. The maximum atomic E-state index is 5.79. The van der Waals surface area contributed by atoms with Gasteiger partial charge in [-0.05, 0) is 57.8 Å². The van der Waals surface area contributed by atoms with E-state index < -0.39 is 0 Å². The van der Waals surface area contributed by atoms with Crippen LogP contribution in [0.1, 0.15) is 32.1 Å². The number of nitrogens with zero attached hydrogens (tertiary/aromatic N) is 4. The molecule has 0 bridgehead atoms. The fourth-order valence-corrected chi connectivity index (χ4v) is 2.95. The van der Waals surface area contributed by atoms with Crippen LogP contribution in [0.3, 0.4) is 0 Å². The van der Waals surface area contributed by atoms with Crippen LogP contribution in [-0.4, -0.2) is 48.8 Å². The van der Waals surface area contributed by atoms with Crippen molar-refractivity contribution in [1.82, 2.24) is 15.1 Å². The SMILES string of the molecule is CN(C)CC#CCC1CCC(N(C)c2ccc(Cl)nn2)CC1. The Morgan fingerprint density at radius 2 is 1.82 bits per heavy atom. The number of anilines is 1. The molecule has 1 aromatic heterocycles. The molecular weight excluding hydrogens is 296 g/mol. The maximum absolute atomic E-state index is 5.79. The molecule has 0 aromatic carbocycles. The van der Waals surface area contributed by atoms with Crippen LogP contribution in [0.25, 0.3) is 0 Å². The third-order valence-corrected chi connectivity index (χ3v) is 4.46. The van der Waals surface area contributed by atoms with Gasteiger partial charge in [0.1, 0.15) is 0 Å². The zero-order valence-electron chi connectivity index (χ0n) is 13.7. The zero-order valence-corrected chi connectivity index (χ0v) is 14.5. The molecule has 0 aliphatic heterocycles. The van der Waals surface area contributed by atoms with Crippen LogP contribution < -0.4 is 4.90 Å². The van der Waals surface area contributed by atoms with Crippen molar-refractivity contribution in [3.8, 4) is 11.8 Å². The molecule has 0 radical (unpaired) electrons. The second kappa shape index (κ2) is 8.36. The van der Waals surface area contributed by atoms with Crippen LogP contribution in [0.2, 0.25) is 5.15 Å². The highest BCUT2D eigenvalue weighted by Crippen LogP contribution is 2.30. The van der Waals surface area contributed by atoms with Gasteiger partial charge in [0.25, 0.3) is 0 Å². The summed E-state index contributed by atoms with van der Waals surface area (Å²) >= 11 is 5.79. The molecule has 1 aromatic rings. The maximum Gasteiger partial charge on any atom is 0.151 e. The Hall–Kier alpha value is -1.31. The normalized spacial score (nSPS) is 21.3. The highest BCUT2D eigenvalue weighted by atomic mass is 35.5. The lowest BCUT2D eigenvalue weighted by Gasteiger charge is -2.34. The average Bonchev–Trinajstić information content (AvgIpc) is 2.52. The molecule has 1 aliphatic rings. The van der Waals surface area contributed by atoms with Gasteiger partial charge in [-0.25, -0.2) is 0 Å². The lowest BCUT2D eigenvalue weighted by atomic mass is 9.84. The van der Waals surface area contributed by atoms with Crippen LogP contribution in [-0.2, 0) is 0 Å². The van der Waals surface area contributed by atoms with Crippen molar-refractivity contribution in [2.45, 2.75) is 38.1 Å². The first-order chi connectivity index (χ1) is 10.6. The van der Waals surface area contributed by atoms with Crippen molar-refractivity contribution in [2.75, 3.05) is 32.6 Å². The molecule has 0 N–H and O–H groups in total. The second-order valence-electron chi connectivity index (χ2n) is 6.30. The van der Waals surface area contributed by atoms with E-state index in [2.05, 4.69) is 53.0 Å². The van der Waals surface area contributed by atoms with Crippen LogP contribution in [0.5, 0.6) is 0 Å². The lowest BCUT2D eigenvalue weighted by Crippen LogP contribution is -2.35. The van der Waals surface area contributed by atoms with Crippen LogP contribution >= 0.6 is 11.6 Å². The summed E-state index contributed by atoms with van der Waals surface area (Å²) in [4.78, 5) is 4.34. The van der Waals surface area contributed by atoms with E-state index in [9.17, 15) is 0 Å². The summed E-state index contributed by atoms with van der Waals surface area (Å²) in [6.07, 6.45) is 5.91. The summed E-state index contributed by atoms with van der Waals surface area (Å²) in [5.41, 5.74) is 0. The molecule has 1 fully saturated rings. The second-order valence-corrected chi connectivity index (χ2v) is 6.68. The smallest absolute Gasteiger partial charge is 0.151 e. The highest BCUT2D eigenvalue weighted by Gasteiger charge is 2.24. The van der Waals surface area contributed by atoms with Gasteiger partial charge >= 0.3 is 0 Å². The Balaban J connectivity index is 1.78. The predicted octanol–water partition coefficient (Wildman–Crippen LogP) is 3.08. The van der Waals surface area contributed by atoms with Crippen LogP contribution in [0, 0.1) is 17.8 Å². The third kappa shape index (κ3) is 5.15. The van der Waals surface area contributed by atoms with Crippen LogP contribution in [0.15, 0.2) is 12.1 Å². The first-order valence-electron chi connectivity index (χ1n) is 7.88. The van der Waals surface area contributed by atoms with Gasteiger partial charge in [-0.15, -0.1) is 16.1 Å². The van der Waals surface area contributed by atoms with Crippen molar-refractivity contribution in [1.29, 1.82) is 0 Å². The molecule has 0 saturated heterocycles. The zero-order chi connectivity index (χ0) is 15.9. The minimum Gasteiger partial charge on any atom is -0.355 e. The standard InChI is InChI=1S/C17H25ClN4/c1-21(2)13-5-4-6-14-7-9-15(10-8-14)22(3)17-12-11-16(18)19-20-17/h11-12,14-15H,6-10,13H2,1-3H3. The van der Waals surface area contributed by atoms with E-state index in [1.165, 1.54) is 25.7 Å². The Labute approximate surface area is 138 Å². The summed E-state index contributed by atoms with van der Waals surface area (Å²) in [6, 6.07) is 4.28. The van der Waals surface area contributed by atoms with Crippen molar-refractivity contribution in [2.24, 2.45) is 5.92 Å². The quantitative estimate of drug-likeness (QED) is 0.798. The van der Waals surface area contributed by atoms with E-state index in [4.69, 9.17) is 11.6 Å². The Kier molecular flexibility index (Phi) is 6.48. The monoisotopic (exact) mass is 320 g/mol. The van der Waals surface area contributed by atoms with Gasteiger partial charge in [-0.2, -0.15) is 0 Å². The first kappa shape index (κ1) is 17.1. The minimum atomic E-state index is 0.442. The largest absolute Gasteiger partial charge is 0.355 e. The van der Waals surface area contributed by atoms with E-state index in [1.807, 2.05) is 6.07 Å². The molecule has 120 valence electrons. The Bertz CT molecular complexity index is 510. The summed E-state index contributed by atoms with van der Waals surface area (Å²) in [7, 11) is 6.20.